The van der Waals surface area contributed by atoms with Gasteiger partial charge in [-0.3, -0.25) is 14.4 Å². The lowest BCUT2D eigenvalue weighted by atomic mass is 9.99. The molecule has 1 heterocycles. The molecule has 0 aliphatic rings. The first-order valence-electron chi connectivity index (χ1n) is 6.72. The van der Waals surface area contributed by atoms with Crippen LogP contribution in [-0.2, 0) is 11.8 Å². The summed E-state index contributed by atoms with van der Waals surface area (Å²) in [5.74, 6) is -0.000886. The molecule has 6 nitrogen and oxygen atoms in total. The highest BCUT2D eigenvalue weighted by atomic mass is 16.1. The van der Waals surface area contributed by atoms with Crippen LogP contribution < -0.4 is 11.1 Å². The van der Waals surface area contributed by atoms with Gasteiger partial charge in [-0.1, -0.05) is 13.8 Å². The minimum absolute atomic E-state index is 0.000886. The Hall–Kier alpha value is -1.40. The lowest BCUT2D eigenvalue weighted by Gasteiger charge is -2.33. The largest absolute Gasteiger partial charge is 0.358 e. The van der Waals surface area contributed by atoms with Crippen molar-refractivity contribution >= 4 is 5.91 Å². The number of hydrogen-bond donors (Lipinski definition) is 2. The molecule has 3 N–H and O–H groups in total. The second kappa shape index (κ2) is 7.25. The Morgan fingerprint density at radius 1 is 1.58 bits per heavy atom. The number of nitrogens with one attached hydrogen (secondary N) is 1. The van der Waals surface area contributed by atoms with Gasteiger partial charge < -0.3 is 11.1 Å². The molecule has 1 aromatic rings. The summed E-state index contributed by atoms with van der Waals surface area (Å²) in [4.78, 5) is 13.7. The van der Waals surface area contributed by atoms with Crippen LogP contribution in [0, 0.1) is 0 Å². The zero-order valence-corrected chi connectivity index (χ0v) is 12.3. The zero-order chi connectivity index (χ0) is 14.4. The number of amides is 1. The molecule has 2 atom stereocenters. The number of aryl methyl sites for hydroxylation is 1. The quantitative estimate of drug-likeness (QED) is 0.743. The van der Waals surface area contributed by atoms with Gasteiger partial charge in [0, 0.05) is 31.9 Å². The molecular formula is C13H25N5O. The van der Waals surface area contributed by atoms with E-state index < -0.39 is 0 Å². The van der Waals surface area contributed by atoms with Gasteiger partial charge in [-0.05, 0) is 13.0 Å². The van der Waals surface area contributed by atoms with Crippen molar-refractivity contribution in [2.45, 2.75) is 32.4 Å². The molecule has 2 unspecified atom stereocenters. The fraction of sp³-hybridized carbons (Fsp3) is 0.692. The van der Waals surface area contributed by atoms with Crippen molar-refractivity contribution in [1.82, 2.24) is 20.0 Å². The van der Waals surface area contributed by atoms with E-state index in [1.54, 1.807) is 11.7 Å². The van der Waals surface area contributed by atoms with E-state index in [2.05, 4.69) is 22.2 Å². The molecule has 0 radical (unpaired) electrons. The Labute approximate surface area is 114 Å². The number of nitrogens with zero attached hydrogens (tertiary/aromatic N) is 3. The molecule has 0 spiro atoms. The molecule has 0 bridgehead atoms. The number of carbonyl (C=O) groups excluding carboxylic acids is 1. The van der Waals surface area contributed by atoms with Crippen molar-refractivity contribution in [2.24, 2.45) is 12.8 Å². The predicted octanol–water partition coefficient (Wildman–Crippen LogP) is 0.266. The van der Waals surface area contributed by atoms with Crippen molar-refractivity contribution < 1.29 is 4.79 Å². The van der Waals surface area contributed by atoms with E-state index in [0.29, 0.717) is 6.54 Å². The first-order chi connectivity index (χ1) is 9.03. The van der Waals surface area contributed by atoms with Crippen LogP contribution in [0.1, 0.15) is 31.9 Å². The standard InChI is InChI=1S/C13H25N5O/c1-5-11(14)13(10-7-16-17(4)8-10)18(6-2)9-12(19)15-3/h7-8,11,13H,5-6,9,14H2,1-4H3,(H,15,19). The second-order valence-electron chi connectivity index (χ2n) is 4.70. The fourth-order valence-corrected chi connectivity index (χ4v) is 2.22. The molecule has 0 fully saturated rings. The molecule has 108 valence electrons. The molecule has 0 aliphatic carbocycles. The third kappa shape index (κ3) is 4.04. The summed E-state index contributed by atoms with van der Waals surface area (Å²) < 4.78 is 1.76. The topological polar surface area (TPSA) is 76.2 Å². The monoisotopic (exact) mass is 267 g/mol. The maximum Gasteiger partial charge on any atom is 0.233 e. The maximum absolute atomic E-state index is 11.6. The van der Waals surface area contributed by atoms with Crippen LogP contribution >= 0.6 is 0 Å². The van der Waals surface area contributed by atoms with Gasteiger partial charge in [0.05, 0.1) is 18.8 Å². The molecule has 6 heteroatoms. The van der Waals surface area contributed by atoms with Crippen LogP contribution in [0.15, 0.2) is 12.4 Å². The summed E-state index contributed by atoms with van der Waals surface area (Å²) in [5.41, 5.74) is 7.30. The average molecular weight is 267 g/mol. The highest BCUT2D eigenvalue weighted by Gasteiger charge is 2.27. The van der Waals surface area contributed by atoms with E-state index in [4.69, 9.17) is 5.73 Å². The first-order valence-corrected chi connectivity index (χ1v) is 6.72. The molecule has 1 aromatic heterocycles. The van der Waals surface area contributed by atoms with E-state index in [-0.39, 0.29) is 18.0 Å². The Kier molecular flexibility index (Phi) is 5.98. The third-order valence-corrected chi connectivity index (χ3v) is 3.37. The summed E-state index contributed by atoms with van der Waals surface area (Å²) in [7, 11) is 3.53. The lowest BCUT2D eigenvalue weighted by Crippen LogP contribution is -2.44. The van der Waals surface area contributed by atoms with Crippen molar-refractivity contribution in [2.75, 3.05) is 20.1 Å². The van der Waals surface area contributed by atoms with Crippen LogP contribution in [0.5, 0.6) is 0 Å². The van der Waals surface area contributed by atoms with E-state index in [1.165, 1.54) is 0 Å². The lowest BCUT2D eigenvalue weighted by molar-refractivity contribution is -0.122. The highest BCUT2D eigenvalue weighted by Crippen LogP contribution is 2.24. The molecule has 1 amide bonds. The Bertz CT molecular complexity index is 403. The van der Waals surface area contributed by atoms with Gasteiger partial charge in [-0.15, -0.1) is 0 Å². The van der Waals surface area contributed by atoms with Gasteiger partial charge in [-0.2, -0.15) is 5.10 Å². The molecule has 0 saturated heterocycles. The van der Waals surface area contributed by atoms with Crippen LogP contribution in [0.2, 0.25) is 0 Å². The van der Waals surface area contributed by atoms with Gasteiger partial charge in [0.1, 0.15) is 0 Å². The Morgan fingerprint density at radius 3 is 2.68 bits per heavy atom. The maximum atomic E-state index is 11.6. The first kappa shape index (κ1) is 15.7. The van der Waals surface area contributed by atoms with E-state index in [0.717, 1.165) is 18.5 Å². The van der Waals surface area contributed by atoms with Crippen LogP contribution in [0.25, 0.3) is 0 Å². The number of nitrogens with two attached hydrogens (primary N) is 1. The minimum Gasteiger partial charge on any atom is -0.358 e. The number of rotatable bonds is 7. The van der Waals surface area contributed by atoms with Crippen molar-refractivity contribution in [3.05, 3.63) is 18.0 Å². The molecule has 1 rings (SSSR count). The smallest absolute Gasteiger partial charge is 0.233 e. The molecule has 0 aliphatic heterocycles. The molecule has 19 heavy (non-hydrogen) atoms. The number of carbonyl (C=O) groups is 1. The van der Waals surface area contributed by atoms with E-state index >= 15 is 0 Å². The van der Waals surface area contributed by atoms with Crippen LogP contribution in [0.3, 0.4) is 0 Å². The van der Waals surface area contributed by atoms with E-state index in [9.17, 15) is 4.79 Å². The van der Waals surface area contributed by atoms with Crippen molar-refractivity contribution in [3.8, 4) is 0 Å². The van der Waals surface area contributed by atoms with Gasteiger partial charge in [-0.25, -0.2) is 0 Å². The van der Waals surface area contributed by atoms with Crippen molar-refractivity contribution in [1.29, 1.82) is 0 Å². The summed E-state index contributed by atoms with van der Waals surface area (Å²) in [6, 6.07) is -0.00481. The normalized spacial score (nSPS) is 14.4. The minimum atomic E-state index is -0.0196. The van der Waals surface area contributed by atoms with Crippen LogP contribution in [-0.4, -0.2) is 46.8 Å². The number of likely N-dealkylation sites (N-methyl/N-ethyl adjacent to an activating group) is 2. The molecule has 0 saturated carbocycles. The average Bonchev–Trinajstić information content (AvgIpc) is 2.83. The Balaban J connectivity index is 2.97. The summed E-state index contributed by atoms with van der Waals surface area (Å²) >= 11 is 0. The van der Waals surface area contributed by atoms with Gasteiger partial charge >= 0.3 is 0 Å². The zero-order valence-electron chi connectivity index (χ0n) is 12.3. The summed E-state index contributed by atoms with van der Waals surface area (Å²) in [6.07, 6.45) is 4.64. The van der Waals surface area contributed by atoms with Gasteiger partial charge in [0.15, 0.2) is 0 Å². The highest BCUT2D eigenvalue weighted by molar-refractivity contribution is 5.77. The fourth-order valence-electron chi connectivity index (χ4n) is 2.22. The molecular weight excluding hydrogens is 242 g/mol. The van der Waals surface area contributed by atoms with E-state index in [1.807, 2.05) is 26.4 Å². The van der Waals surface area contributed by atoms with Crippen LogP contribution in [0.4, 0.5) is 0 Å². The predicted molar refractivity (Wildman–Crippen MR) is 75.5 cm³/mol. The summed E-state index contributed by atoms with van der Waals surface area (Å²) in [5, 5.41) is 6.86. The third-order valence-electron chi connectivity index (χ3n) is 3.37. The second-order valence-corrected chi connectivity index (χ2v) is 4.70. The number of aromatic nitrogens is 2. The van der Waals surface area contributed by atoms with Crippen molar-refractivity contribution in [3.63, 3.8) is 0 Å². The number of hydrogen-bond acceptors (Lipinski definition) is 4. The van der Waals surface area contributed by atoms with Gasteiger partial charge in [0.25, 0.3) is 0 Å². The SMILES string of the molecule is CCC(N)C(c1cnn(C)c1)N(CC)CC(=O)NC. The summed E-state index contributed by atoms with van der Waals surface area (Å²) in [6.45, 7) is 5.21. The Morgan fingerprint density at radius 2 is 2.26 bits per heavy atom. The van der Waals surface area contributed by atoms with Gasteiger partial charge in [0.2, 0.25) is 5.91 Å². The molecule has 0 aromatic carbocycles.